The van der Waals surface area contributed by atoms with E-state index < -0.39 is 0 Å². The lowest BCUT2D eigenvalue weighted by molar-refractivity contribution is 0.586. The Morgan fingerprint density at radius 3 is 2.00 bits per heavy atom. The van der Waals surface area contributed by atoms with Crippen molar-refractivity contribution in [2.24, 2.45) is 0 Å². The van der Waals surface area contributed by atoms with Crippen LogP contribution >= 0.6 is 11.8 Å². The van der Waals surface area contributed by atoms with Crippen LogP contribution in [0.3, 0.4) is 0 Å². The van der Waals surface area contributed by atoms with Gasteiger partial charge in [-0.05, 0) is 24.3 Å². The molecule has 1 rings (SSSR count). The average Bonchev–Trinajstić information content (AvgIpc) is 2.38. The summed E-state index contributed by atoms with van der Waals surface area (Å²) in [5, 5.41) is 0. The van der Waals surface area contributed by atoms with E-state index in [9.17, 15) is 0 Å². The molecule has 0 aromatic heterocycles. The third-order valence-electron chi connectivity index (χ3n) is 3.01. The van der Waals surface area contributed by atoms with Crippen molar-refractivity contribution in [1.29, 1.82) is 0 Å². The zero-order valence-electron chi connectivity index (χ0n) is 11.2. The summed E-state index contributed by atoms with van der Waals surface area (Å²) < 4.78 is 0. The van der Waals surface area contributed by atoms with Crippen LogP contribution in [-0.4, -0.2) is 5.75 Å². The Labute approximate surface area is 111 Å². The van der Waals surface area contributed by atoms with Gasteiger partial charge in [0.2, 0.25) is 0 Å². The van der Waals surface area contributed by atoms with Gasteiger partial charge in [0, 0.05) is 4.90 Å². The number of thioether (sulfide) groups is 1. The highest BCUT2D eigenvalue weighted by Gasteiger charge is 1.94. The molecular formula is C16H26S. The lowest BCUT2D eigenvalue weighted by atomic mass is 10.1. The van der Waals surface area contributed by atoms with E-state index in [1.807, 2.05) is 11.8 Å². The Hall–Kier alpha value is -0.430. The number of benzene rings is 1. The van der Waals surface area contributed by atoms with Crippen molar-refractivity contribution in [3.63, 3.8) is 0 Å². The van der Waals surface area contributed by atoms with Gasteiger partial charge < -0.3 is 0 Å². The van der Waals surface area contributed by atoms with Gasteiger partial charge >= 0.3 is 0 Å². The highest BCUT2D eigenvalue weighted by Crippen LogP contribution is 2.19. The van der Waals surface area contributed by atoms with E-state index in [1.165, 1.54) is 62.0 Å². The second-order valence-electron chi connectivity index (χ2n) is 4.64. The summed E-state index contributed by atoms with van der Waals surface area (Å²) in [5.41, 5.74) is 0. The molecule has 0 aliphatic heterocycles. The molecule has 1 heteroatoms. The second kappa shape index (κ2) is 10.7. The highest BCUT2D eigenvalue weighted by atomic mass is 32.2. The number of hydrogen-bond donors (Lipinski definition) is 0. The Morgan fingerprint density at radius 2 is 1.35 bits per heavy atom. The van der Waals surface area contributed by atoms with Gasteiger partial charge in [-0.1, -0.05) is 70.1 Å². The SMILES string of the molecule is CCCCCCCCCCSc1ccccc1. The van der Waals surface area contributed by atoms with Gasteiger partial charge in [0.1, 0.15) is 0 Å². The van der Waals surface area contributed by atoms with Gasteiger partial charge in [-0.15, -0.1) is 11.8 Å². The first-order chi connectivity index (χ1) is 8.43. The van der Waals surface area contributed by atoms with Crippen LogP contribution in [0.15, 0.2) is 35.2 Å². The summed E-state index contributed by atoms with van der Waals surface area (Å²) in [7, 11) is 0. The van der Waals surface area contributed by atoms with Crippen molar-refractivity contribution in [3.05, 3.63) is 30.3 Å². The molecule has 0 N–H and O–H groups in total. The molecule has 0 saturated carbocycles. The van der Waals surface area contributed by atoms with Gasteiger partial charge in [0.15, 0.2) is 0 Å². The molecular weight excluding hydrogens is 224 g/mol. The normalized spacial score (nSPS) is 10.6. The fourth-order valence-electron chi connectivity index (χ4n) is 1.94. The van der Waals surface area contributed by atoms with Crippen molar-refractivity contribution in [2.75, 3.05) is 5.75 Å². The van der Waals surface area contributed by atoms with Crippen LogP contribution in [-0.2, 0) is 0 Å². The molecule has 0 fully saturated rings. The Kier molecular flexibility index (Phi) is 9.21. The minimum Gasteiger partial charge on any atom is -0.126 e. The van der Waals surface area contributed by atoms with E-state index in [1.54, 1.807) is 0 Å². The average molecular weight is 250 g/mol. The molecule has 0 spiro atoms. The smallest absolute Gasteiger partial charge is 0.00719 e. The predicted molar refractivity (Wildman–Crippen MR) is 79.8 cm³/mol. The molecule has 0 amide bonds. The number of hydrogen-bond acceptors (Lipinski definition) is 1. The van der Waals surface area contributed by atoms with Crippen molar-refractivity contribution in [1.82, 2.24) is 0 Å². The van der Waals surface area contributed by atoms with Crippen LogP contribution in [0.1, 0.15) is 58.3 Å². The van der Waals surface area contributed by atoms with Gasteiger partial charge in [0.05, 0.1) is 0 Å². The fraction of sp³-hybridized carbons (Fsp3) is 0.625. The van der Waals surface area contributed by atoms with Crippen LogP contribution < -0.4 is 0 Å². The van der Waals surface area contributed by atoms with Gasteiger partial charge in [-0.2, -0.15) is 0 Å². The molecule has 0 nitrogen and oxygen atoms in total. The second-order valence-corrected chi connectivity index (χ2v) is 5.80. The van der Waals surface area contributed by atoms with E-state index in [4.69, 9.17) is 0 Å². The van der Waals surface area contributed by atoms with Crippen molar-refractivity contribution < 1.29 is 0 Å². The number of unbranched alkanes of at least 4 members (excludes halogenated alkanes) is 7. The molecule has 0 bridgehead atoms. The molecule has 0 saturated heterocycles. The third kappa shape index (κ3) is 8.31. The monoisotopic (exact) mass is 250 g/mol. The molecule has 1 aromatic carbocycles. The Balaban J connectivity index is 1.85. The third-order valence-corrected chi connectivity index (χ3v) is 4.11. The lowest BCUT2D eigenvalue weighted by Gasteiger charge is -2.02. The minimum atomic E-state index is 1.28. The van der Waals surface area contributed by atoms with Gasteiger partial charge in [0.25, 0.3) is 0 Å². The summed E-state index contributed by atoms with van der Waals surface area (Å²) in [5.74, 6) is 1.28. The van der Waals surface area contributed by atoms with Crippen LogP contribution in [0.4, 0.5) is 0 Å². The van der Waals surface area contributed by atoms with E-state index in [2.05, 4.69) is 37.3 Å². The first-order valence-electron chi connectivity index (χ1n) is 7.11. The maximum atomic E-state index is 2.28. The maximum Gasteiger partial charge on any atom is 0.00719 e. The van der Waals surface area contributed by atoms with Crippen LogP contribution in [0.5, 0.6) is 0 Å². The lowest BCUT2D eigenvalue weighted by Crippen LogP contribution is -1.83. The molecule has 0 atom stereocenters. The molecule has 0 aliphatic carbocycles. The molecule has 96 valence electrons. The molecule has 1 aromatic rings. The molecule has 0 radical (unpaired) electrons. The summed E-state index contributed by atoms with van der Waals surface area (Å²) in [6.07, 6.45) is 11.3. The summed E-state index contributed by atoms with van der Waals surface area (Å²) >= 11 is 1.99. The molecule has 0 aliphatic rings. The minimum absolute atomic E-state index is 1.28. The summed E-state index contributed by atoms with van der Waals surface area (Å²) in [6, 6.07) is 10.7. The molecule has 17 heavy (non-hydrogen) atoms. The molecule has 0 heterocycles. The van der Waals surface area contributed by atoms with Crippen LogP contribution in [0.25, 0.3) is 0 Å². The quantitative estimate of drug-likeness (QED) is 0.367. The Bertz CT molecular complexity index is 255. The van der Waals surface area contributed by atoms with Crippen molar-refractivity contribution in [3.8, 4) is 0 Å². The zero-order valence-corrected chi connectivity index (χ0v) is 12.0. The standard InChI is InChI=1S/C16H26S/c1-2-3-4-5-6-7-8-12-15-17-16-13-10-9-11-14-16/h9-11,13-14H,2-8,12,15H2,1H3. The fourth-order valence-corrected chi connectivity index (χ4v) is 2.88. The summed E-state index contributed by atoms with van der Waals surface area (Å²) in [6.45, 7) is 2.28. The van der Waals surface area contributed by atoms with Crippen LogP contribution in [0.2, 0.25) is 0 Å². The zero-order chi connectivity index (χ0) is 12.2. The van der Waals surface area contributed by atoms with E-state index >= 15 is 0 Å². The molecule has 0 unspecified atom stereocenters. The van der Waals surface area contributed by atoms with E-state index in [-0.39, 0.29) is 0 Å². The first-order valence-corrected chi connectivity index (χ1v) is 8.10. The summed E-state index contributed by atoms with van der Waals surface area (Å²) in [4.78, 5) is 1.41. The largest absolute Gasteiger partial charge is 0.126 e. The highest BCUT2D eigenvalue weighted by molar-refractivity contribution is 7.99. The first kappa shape index (κ1) is 14.6. The van der Waals surface area contributed by atoms with Gasteiger partial charge in [-0.3, -0.25) is 0 Å². The predicted octanol–water partition coefficient (Wildman–Crippen LogP) is 5.92. The number of rotatable bonds is 10. The topological polar surface area (TPSA) is 0 Å². The van der Waals surface area contributed by atoms with E-state index in [0.717, 1.165) is 0 Å². The van der Waals surface area contributed by atoms with Gasteiger partial charge in [-0.25, -0.2) is 0 Å². The Morgan fingerprint density at radius 1 is 0.765 bits per heavy atom. The van der Waals surface area contributed by atoms with Crippen LogP contribution in [0, 0.1) is 0 Å². The maximum absolute atomic E-state index is 2.28. The van der Waals surface area contributed by atoms with Crippen molar-refractivity contribution in [2.45, 2.75) is 63.2 Å². The van der Waals surface area contributed by atoms with E-state index in [0.29, 0.717) is 0 Å². The van der Waals surface area contributed by atoms with Crippen molar-refractivity contribution >= 4 is 11.8 Å².